The van der Waals surface area contributed by atoms with Gasteiger partial charge < -0.3 is 24.2 Å². The molecule has 1 N–H and O–H groups in total. The SMILES string of the molecule is C=C(F)C(=O)N1CCN(c2nc(OC[C@@H]3CCCN3C)nc3c2CC=C(c2c(C)ccc4[nH]ncc24)O3)C[C@H]1C. The van der Waals surface area contributed by atoms with Gasteiger partial charge in [0.1, 0.15) is 18.2 Å². The van der Waals surface area contributed by atoms with Crippen LogP contribution in [0.15, 0.2) is 36.8 Å². The van der Waals surface area contributed by atoms with E-state index < -0.39 is 11.7 Å². The van der Waals surface area contributed by atoms with E-state index in [0.29, 0.717) is 56.2 Å². The van der Waals surface area contributed by atoms with Crippen LogP contribution in [-0.4, -0.2) is 87.8 Å². The van der Waals surface area contributed by atoms with E-state index in [-0.39, 0.29) is 12.1 Å². The quantitative estimate of drug-likeness (QED) is 0.467. The monoisotopic (exact) mass is 547 g/mol. The van der Waals surface area contributed by atoms with Gasteiger partial charge >= 0.3 is 6.01 Å². The summed E-state index contributed by atoms with van der Waals surface area (Å²) in [6.07, 6.45) is 6.63. The molecule has 0 aliphatic carbocycles. The topological polar surface area (TPSA) is 99.7 Å². The second-order valence-corrected chi connectivity index (χ2v) is 10.9. The number of aromatic nitrogens is 4. The van der Waals surface area contributed by atoms with Gasteiger partial charge in [-0.25, -0.2) is 4.39 Å². The fraction of sp³-hybridized carbons (Fsp3) is 0.448. The van der Waals surface area contributed by atoms with Crippen molar-refractivity contribution in [1.82, 2.24) is 30.0 Å². The number of aryl methyl sites for hydroxylation is 1. The lowest BCUT2D eigenvalue weighted by Crippen LogP contribution is -2.54. The van der Waals surface area contributed by atoms with E-state index in [1.165, 1.54) is 4.90 Å². The first-order valence-electron chi connectivity index (χ1n) is 13.8. The molecule has 2 atom stereocenters. The van der Waals surface area contributed by atoms with Crippen LogP contribution in [0.3, 0.4) is 0 Å². The first kappa shape index (κ1) is 26.2. The summed E-state index contributed by atoms with van der Waals surface area (Å²) < 4.78 is 26.3. The van der Waals surface area contributed by atoms with E-state index in [0.717, 1.165) is 47.0 Å². The Morgan fingerprint density at radius 3 is 2.88 bits per heavy atom. The number of nitrogens with one attached hydrogen (secondary N) is 1. The number of hydrogen-bond acceptors (Lipinski definition) is 8. The molecule has 2 fully saturated rings. The van der Waals surface area contributed by atoms with Crippen molar-refractivity contribution in [2.45, 2.75) is 45.2 Å². The minimum absolute atomic E-state index is 0.229. The number of amides is 1. The zero-order valence-electron chi connectivity index (χ0n) is 23.1. The van der Waals surface area contributed by atoms with E-state index in [4.69, 9.17) is 19.4 Å². The van der Waals surface area contributed by atoms with Gasteiger partial charge in [0, 0.05) is 49.1 Å². The van der Waals surface area contributed by atoms with Gasteiger partial charge in [-0.05, 0) is 58.0 Å². The van der Waals surface area contributed by atoms with Gasteiger partial charge in [-0.3, -0.25) is 9.89 Å². The molecule has 10 nitrogen and oxygen atoms in total. The van der Waals surface area contributed by atoms with Crippen molar-refractivity contribution in [3.05, 3.63) is 53.5 Å². The number of H-pyrrole nitrogens is 1. The highest BCUT2D eigenvalue weighted by atomic mass is 19.1. The molecule has 11 heteroatoms. The van der Waals surface area contributed by atoms with Crippen LogP contribution in [0.1, 0.15) is 36.5 Å². The van der Waals surface area contributed by atoms with E-state index >= 15 is 0 Å². The van der Waals surface area contributed by atoms with Crippen molar-refractivity contribution >= 4 is 28.4 Å². The normalized spacial score (nSPS) is 21.2. The lowest BCUT2D eigenvalue weighted by atomic mass is 9.99. The molecule has 3 aromatic rings. The molecule has 6 rings (SSSR count). The minimum Gasteiger partial charge on any atom is -0.462 e. The first-order valence-corrected chi connectivity index (χ1v) is 13.8. The first-order chi connectivity index (χ1) is 19.3. The molecule has 0 radical (unpaired) electrons. The van der Waals surface area contributed by atoms with Gasteiger partial charge in [0.2, 0.25) is 5.88 Å². The fourth-order valence-electron chi connectivity index (χ4n) is 5.94. The van der Waals surface area contributed by atoms with Crippen LogP contribution in [0, 0.1) is 6.92 Å². The summed E-state index contributed by atoms with van der Waals surface area (Å²) in [4.78, 5) is 27.8. The van der Waals surface area contributed by atoms with Crippen LogP contribution in [0.4, 0.5) is 10.2 Å². The van der Waals surface area contributed by atoms with Crippen LogP contribution < -0.4 is 14.4 Å². The third-order valence-corrected chi connectivity index (χ3v) is 8.20. The fourth-order valence-corrected chi connectivity index (χ4v) is 5.94. The largest absolute Gasteiger partial charge is 0.462 e. The standard InChI is InChI=1S/C29H34FN7O3/c1-17-7-9-23-22(14-31-34-23)25(17)24-10-8-21-26(36-12-13-37(18(2)15-36)28(38)19(3)30)32-29(33-27(21)40-24)39-16-20-6-5-11-35(20)4/h7,9-10,14,18,20H,3,5-6,8,11-13,15-16H2,1-2,4H3,(H,31,34)/t18-,20+/m1/s1. The lowest BCUT2D eigenvalue weighted by molar-refractivity contribution is -0.131. The van der Waals surface area contributed by atoms with E-state index in [1.807, 2.05) is 38.3 Å². The number of likely N-dealkylation sites (tertiary alicyclic amines) is 1. The number of hydrogen-bond donors (Lipinski definition) is 1. The average molecular weight is 548 g/mol. The molecule has 40 heavy (non-hydrogen) atoms. The Balaban J connectivity index is 1.33. The zero-order valence-corrected chi connectivity index (χ0v) is 23.1. The highest BCUT2D eigenvalue weighted by molar-refractivity contribution is 5.92. The minimum atomic E-state index is -0.943. The molecule has 2 saturated heterocycles. The molecule has 2 aromatic heterocycles. The van der Waals surface area contributed by atoms with Crippen molar-refractivity contribution in [3.8, 4) is 11.9 Å². The van der Waals surface area contributed by atoms with Crippen LogP contribution in [0.5, 0.6) is 11.9 Å². The van der Waals surface area contributed by atoms with Crippen molar-refractivity contribution in [1.29, 1.82) is 0 Å². The summed E-state index contributed by atoms with van der Waals surface area (Å²) in [5.74, 6) is 0.280. The molecule has 210 valence electrons. The predicted molar refractivity (Wildman–Crippen MR) is 150 cm³/mol. The molecule has 0 bridgehead atoms. The summed E-state index contributed by atoms with van der Waals surface area (Å²) >= 11 is 0. The average Bonchev–Trinajstić information content (AvgIpc) is 3.59. The number of likely N-dealkylation sites (N-methyl/N-ethyl adjacent to an activating group) is 1. The summed E-state index contributed by atoms with van der Waals surface area (Å²) in [5.41, 5.74) is 3.83. The number of rotatable bonds is 6. The number of piperazine rings is 1. The third kappa shape index (κ3) is 4.78. The Morgan fingerprint density at radius 1 is 1.27 bits per heavy atom. The summed E-state index contributed by atoms with van der Waals surface area (Å²) in [7, 11) is 2.10. The van der Waals surface area contributed by atoms with Crippen LogP contribution >= 0.6 is 0 Å². The maximum atomic E-state index is 13.6. The van der Waals surface area contributed by atoms with Crippen LogP contribution in [-0.2, 0) is 11.2 Å². The molecular formula is C29H34FN7O3. The summed E-state index contributed by atoms with van der Waals surface area (Å²) in [5, 5.41) is 8.23. The molecule has 5 heterocycles. The van der Waals surface area contributed by atoms with Gasteiger partial charge in [-0.2, -0.15) is 15.1 Å². The number of carbonyl (C=O) groups is 1. The Labute approximate surface area is 232 Å². The number of fused-ring (bicyclic) bond motifs is 2. The molecule has 3 aliphatic rings. The maximum Gasteiger partial charge on any atom is 0.321 e. The highest BCUT2D eigenvalue weighted by Crippen LogP contribution is 2.39. The molecule has 1 aromatic carbocycles. The van der Waals surface area contributed by atoms with Gasteiger partial charge in [0.25, 0.3) is 5.91 Å². The second kappa shape index (κ2) is 10.5. The third-order valence-electron chi connectivity index (χ3n) is 8.20. The van der Waals surface area contributed by atoms with Crippen molar-refractivity contribution in [3.63, 3.8) is 0 Å². The molecule has 1 amide bonds. The van der Waals surface area contributed by atoms with Gasteiger partial charge in [-0.1, -0.05) is 12.6 Å². The maximum absolute atomic E-state index is 13.6. The van der Waals surface area contributed by atoms with Crippen LogP contribution in [0.2, 0.25) is 0 Å². The van der Waals surface area contributed by atoms with Crippen molar-refractivity contribution in [2.24, 2.45) is 0 Å². The number of anilines is 1. The highest BCUT2D eigenvalue weighted by Gasteiger charge is 2.33. The smallest absolute Gasteiger partial charge is 0.321 e. The molecule has 0 unspecified atom stereocenters. The Bertz CT molecular complexity index is 1500. The van der Waals surface area contributed by atoms with Crippen molar-refractivity contribution in [2.75, 3.05) is 44.7 Å². The van der Waals surface area contributed by atoms with E-state index in [1.54, 1.807) is 0 Å². The molecule has 3 aliphatic heterocycles. The molecule has 0 spiro atoms. The number of benzene rings is 1. The van der Waals surface area contributed by atoms with Gasteiger partial charge in [0.05, 0.1) is 17.3 Å². The lowest BCUT2D eigenvalue weighted by Gasteiger charge is -2.41. The number of nitrogens with zero attached hydrogens (tertiary/aromatic N) is 6. The van der Waals surface area contributed by atoms with E-state index in [9.17, 15) is 9.18 Å². The number of halogens is 1. The van der Waals surface area contributed by atoms with Crippen LogP contribution in [0.25, 0.3) is 16.7 Å². The predicted octanol–water partition coefficient (Wildman–Crippen LogP) is 3.63. The Morgan fingerprint density at radius 2 is 2.12 bits per heavy atom. The van der Waals surface area contributed by atoms with E-state index in [2.05, 4.69) is 33.6 Å². The summed E-state index contributed by atoms with van der Waals surface area (Å²) in [6.45, 7) is 9.99. The second-order valence-electron chi connectivity index (χ2n) is 10.9. The Kier molecular flexibility index (Phi) is 6.91. The Hall–Kier alpha value is -3.99. The van der Waals surface area contributed by atoms with Gasteiger partial charge in [0.15, 0.2) is 5.83 Å². The molecular weight excluding hydrogens is 513 g/mol. The van der Waals surface area contributed by atoms with Crippen molar-refractivity contribution < 1.29 is 18.7 Å². The molecule has 0 saturated carbocycles. The number of allylic oxidation sites excluding steroid dienone is 1. The zero-order chi connectivity index (χ0) is 28.0. The number of aromatic amines is 1. The summed E-state index contributed by atoms with van der Waals surface area (Å²) in [6, 6.07) is 4.39. The number of ether oxygens (including phenoxy) is 2. The number of carbonyl (C=O) groups excluding carboxylic acids is 1. The van der Waals surface area contributed by atoms with Gasteiger partial charge in [-0.15, -0.1) is 0 Å².